The van der Waals surface area contributed by atoms with Gasteiger partial charge in [0.1, 0.15) is 0 Å². The standard InChI is InChI=1S/C17H19ClN4OS/c18-14-9-12(3-4-15(14)21-5-1-2-6-21)16(23)19-10-13-11-22-7-8-24-17(22)20-13/h3-4,9,11H,1-2,5-8,10H2,(H,19,23). The summed E-state index contributed by atoms with van der Waals surface area (Å²) in [5.41, 5.74) is 2.50. The molecule has 4 rings (SSSR count). The second-order valence-electron chi connectivity index (χ2n) is 6.10. The highest BCUT2D eigenvalue weighted by molar-refractivity contribution is 7.99. The van der Waals surface area contributed by atoms with Gasteiger partial charge < -0.3 is 14.8 Å². The summed E-state index contributed by atoms with van der Waals surface area (Å²) >= 11 is 8.13. The number of halogens is 1. The first-order valence-corrected chi connectivity index (χ1v) is 9.58. The van der Waals surface area contributed by atoms with Gasteiger partial charge in [0.15, 0.2) is 5.16 Å². The quantitative estimate of drug-likeness (QED) is 0.907. The molecular weight excluding hydrogens is 344 g/mol. The molecule has 5 nitrogen and oxygen atoms in total. The molecule has 1 fully saturated rings. The largest absolute Gasteiger partial charge is 0.370 e. The molecule has 126 valence electrons. The second-order valence-corrected chi connectivity index (χ2v) is 7.57. The van der Waals surface area contributed by atoms with Crippen LogP contribution in [-0.2, 0) is 13.1 Å². The highest BCUT2D eigenvalue weighted by atomic mass is 35.5. The third kappa shape index (κ3) is 3.13. The third-order valence-corrected chi connectivity index (χ3v) is 5.71. The van der Waals surface area contributed by atoms with Crippen LogP contribution in [0.3, 0.4) is 0 Å². The molecule has 7 heteroatoms. The lowest BCUT2D eigenvalue weighted by molar-refractivity contribution is 0.0950. The zero-order valence-electron chi connectivity index (χ0n) is 13.3. The Morgan fingerprint density at radius 2 is 2.12 bits per heavy atom. The minimum atomic E-state index is -0.120. The molecule has 0 unspecified atom stereocenters. The lowest BCUT2D eigenvalue weighted by atomic mass is 10.2. The summed E-state index contributed by atoms with van der Waals surface area (Å²) in [4.78, 5) is 19.1. The number of carbonyl (C=O) groups is 1. The van der Waals surface area contributed by atoms with E-state index in [0.717, 1.165) is 41.9 Å². The number of aryl methyl sites for hydroxylation is 1. The number of benzene rings is 1. The van der Waals surface area contributed by atoms with Gasteiger partial charge >= 0.3 is 0 Å². The molecule has 3 heterocycles. The monoisotopic (exact) mass is 362 g/mol. The van der Waals surface area contributed by atoms with E-state index in [2.05, 4.69) is 19.8 Å². The number of imidazole rings is 1. The number of rotatable bonds is 4. The van der Waals surface area contributed by atoms with E-state index in [0.29, 0.717) is 17.1 Å². The van der Waals surface area contributed by atoms with Gasteiger partial charge in [-0.15, -0.1) is 0 Å². The van der Waals surface area contributed by atoms with Gasteiger partial charge in [-0.2, -0.15) is 0 Å². The highest BCUT2D eigenvalue weighted by Gasteiger charge is 2.18. The molecule has 0 radical (unpaired) electrons. The minimum absolute atomic E-state index is 0.120. The van der Waals surface area contributed by atoms with Gasteiger partial charge in [-0.25, -0.2) is 4.98 Å². The lowest BCUT2D eigenvalue weighted by Crippen LogP contribution is -2.23. The van der Waals surface area contributed by atoms with E-state index in [1.165, 1.54) is 12.8 Å². The maximum Gasteiger partial charge on any atom is 0.251 e. The van der Waals surface area contributed by atoms with Crippen molar-refractivity contribution in [1.29, 1.82) is 0 Å². The maximum atomic E-state index is 12.4. The molecule has 0 bridgehead atoms. The first kappa shape index (κ1) is 15.8. The highest BCUT2D eigenvalue weighted by Crippen LogP contribution is 2.29. The minimum Gasteiger partial charge on any atom is -0.370 e. The number of nitrogens with zero attached hydrogens (tertiary/aromatic N) is 3. The van der Waals surface area contributed by atoms with E-state index in [9.17, 15) is 4.79 Å². The summed E-state index contributed by atoms with van der Waals surface area (Å²) in [6.07, 6.45) is 4.41. The van der Waals surface area contributed by atoms with Crippen molar-refractivity contribution in [3.63, 3.8) is 0 Å². The second kappa shape index (κ2) is 6.69. The number of fused-ring (bicyclic) bond motifs is 1. The molecule has 1 aromatic heterocycles. The average molecular weight is 363 g/mol. The smallest absolute Gasteiger partial charge is 0.251 e. The molecule has 2 aliphatic rings. The number of anilines is 1. The van der Waals surface area contributed by atoms with E-state index >= 15 is 0 Å². The summed E-state index contributed by atoms with van der Waals surface area (Å²) < 4.78 is 2.13. The zero-order chi connectivity index (χ0) is 16.5. The van der Waals surface area contributed by atoms with Crippen molar-refractivity contribution in [3.8, 4) is 0 Å². The van der Waals surface area contributed by atoms with Crippen LogP contribution in [0.5, 0.6) is 0 Å². The van der Waals surface area contributed by atoms with Crippen LogP contribution < -0.4 is 10.2 Å². The Balaban J connectivity index is 1.41. The fourth-order valence-corrected chi connectivity index (χ4v) is 4.44. The van der Waals surface area contributed by atoms with Gasteiger partial charge in [-0.3, -0.25) is 4.79 Å². The Kier molecular flexibility index (Phi) is 4.41. The van der Waals surface area contributed by atoms with Crippen molar-refractivity contribution < 1.29 is 4.79 Å². The summed E-state index contributed by atoms with van der Waals surface area (Å²) in [6.45, 7) is 3.50. The number of thioether (sulfide) groups is 1. The maximum absolute atomic E-state index is 12.4. The molecule has 2 aromatic rings. The van der Waals surface area contributed by atoms with Crippen LogP contribution in [0.4, 0.5) is 5.69 Å². The van der Waals surface area contributed by atoms with Gasteiger partial charge in [-0.05, 0) is 31.0 Å². The number of nitrogens with one attached hydrogen (secondary N) is 1. The number of carbonyl (C=O) groups excluding carboxylic acids is 1. The van der Waals surface area contributed by atoms with Crippen LogP contribution in [0.2, 0.25) is 5.02 Å². The van der Waals surface area contributed by atoms with Crippen molar-refractivity contribution in [1.82, 2.24) is 14.9 Å². The summed E-state index contributed by atoms with van der Waals surface area (Å²) in [5.74, 6) is 0.960. The fourth-order valence-electron chi connectivity index (χ4n) is 3.18. The number of amides is 1. The molecule has 2 aliphatic heterocycles. The predicted octanol–water partition coefficient (Wildman–Crippen LogP) is 3.17. The van der Waals surface area contributed by atoms with E-state index in [-0.39, 0.29) is 5.91 Å². The molecule has 24 heavy (non-hydrogen) atoms. The summed E-state index contributed by atoms with van der Waals surface area (Å²) in [5, 5.41) is 4.60. The molecule has 0 saturated carbocycles. The molecule has 0 aliphatic carbocycles. The summed E-state index contributed by atoms with van der Waals surface area (Å²) in [6, 6.07) is 5.55. The van der Waals surface area contributed by atoms with E-state index in [1.807, 2.05) is 18.3 Å². The zero-order valence-corrected chi connectivity index (χ0v) is 14.9. The first-order valence-electron chi connectivity index (χ1n) is 8.22. The fraction of sp³-hybridized carbons (Fsp3) is 0.412. The summed E-state index contributed by atoms with van der Waals surface area (Å²) in [7, 11) is 0. The van der Waals surface area contributed by atoms with Crippen molar-refractivity contribution in [2.45, 2.75) is 31.1 Å². The first-order chi connectivity index (χ1) is 11.7. The SMILES string of the molecule is O=C(NCc1cn2c(n1)SCC2)c1ccc(N2CCCC2)c(Cl)c1. The molecule has 0 atom stereocenters. The molecular formula is C17H19ClN4OS. The molecule has 1 saturated heterocycles. The topological polar surface area (TPSA) is 50.2 Å². The van der Waals surface area contributed by atoms with Crippen molar-refractivity contribution in [2.24, 2.45) is 0 Å². The molecule has 1 amide bonds. The van der Waals surface area contributed by atoms with Crippen LogP contribution in [0.25, 0.3) is 0 Å². The number of hydrogen-bond acceptors (Lipinski definition) is 4. The van der Waals surface area contributed by atoms with E-state index < -0.39 is 0 Å². The third-order valence-electron chi connectivity index (χ3n) is 4.44. The molecule has 1 N–H and O–H groups in total. The Morgan fingerprint density at radius 3 is 2.88 bits per heavy atom. The van der Waals surface area contributed by atoms with Crippen LogP contribution in [-0.4, -0.2) is 34.3 Å². The van der Waals surface area contributed by atoms with Crippen LogP contribution in [0.15, 0.2) is 29.6 Å². The Hall–Kier alpha value is -1.66. The number of aromatic nitrogens is 2. The van der Waals surface area contributed by atoms with Crippen LogP contribution in [0.1, 0.15) is 28.9 Å². The molecule has 1 aromatic carbocycles. The van der Waals surface area contributed by atoms with Gasteiger partial charge in [0.25, 0.3) is 5.91 Å². The van der Waals surface area contributed by atoms with Gasteiger partial charge in [0.05, 0.1) is 22.9 Å². The Labute approximate surface area is 150 Å². The van der Waals surface area contributed by atoms with E-state index in [4.69, 9.17) is 11.6 Å². The average Bonchev–Trinajstić information content (AvgIpc) is 3.29. The van der Waals surface area contributed by atoms with Gasteiger partial charge in [-0.1, -0.05) is 23.4 Å². The normalized spacial score (nSPS) is 16.5. The Bertz CT molecular complexity index is 748. The van der Waals surface area contributed by atoms with Gasteiger partial charge in [0, 0.05) is 37.1 Å². The van der Waals surface area contributed by atoms with Crippen molar-refractivity contribution in [3.05, 3.63) is 40.7 Å². The molecule has 0 spiro atoms. The lowest BCUT2D eigenvalue weighted by Gasteiger charge is -2.19. The van der Waals surface area contributed by atoms with Crippen molar-refractivity contribution >= 4 is 35.0 Å². The van der Waals surface area contributed by atoms with E-state index in [1.54, 1.807) is 17.8 Å². The predicted molar refractivity (Wildman–Crippen MR) is 97.0 cm³/mol. The van der Waals surface area contributed by atoms with Crippen molar-refractivity contribution in [2.75, 3.05) is 23.7 Å². The van der Waals surface area contributed by atoms with Crippen LogP contribution >= 0.6 is 23.4 Å². The number of hydrogen-bond donors (Lipinski definition) is 1. The van der Waals surface area contributed by atoms with Crippen LogP contribution in [0, 0.1) is 0 Å². The van der Waals surface area contributed by atoms with Gasteiger partial charge in [0.2, 0.25) is 0 Å². The Morgan fingerprint density at radius 1 is 1.29 bits per heavy atom.